The Kier molecular flexibility index (Phi) is 6.83. The normalized spacial score (nSPS) is 23.3. The topological polar surface area (TPSA) is 67.9 Å². The van der Waals surface area contributed by atoms with Crippen molar-refractivity contribution in [2.45, 2.75) is 62.5 Å². The second kappa shape index (κ2) is 10.0. The lowest BCUT2D eigenvalue weighted by Gasteiger charge is -2.44. The van der Waals surface area contributed by atoms with Gasteiger partial charge >= 0.3 is 0 Å². The Labute approximate surface area is 208 Å². The molecule has 0 radical (unpaired) electrons. The minimum atomic E-state index is -0.269. The number of piperidine rings is 1. The molecule has 35 heavy (non-hydrogen) atoms. The van der Waals surface area contributed by atoms with E-state index in [4.69, 9.17) is 9.47 Å². The number of amides is 2. The summed E-state index contributed by atoms with van der Waals surface area (Å²) in [6.45, 7) is 1.46. The van der Waals surface area contributed by atoms with Gasteiger partial charge in [0.05, 0.1) is 24.8 Å². The predicted octanol–water partition coefficient (Wildman–Crippen LogP) is 4.64. The fourth-order valence-corrected chi connectivity index (χ4v) is 6.72. The molecule has 2 aromatic carbocycles. The first-order valence-electron chi connectivity index (χ1n) is 12.9. The van der Waals surface area contributed by atoms with Crippen molar-refractivity contribution in [1.82, 2.24) is 10.2 Å². The van der Waals surface area contributed by atoms with Crippen molar-refractivity contribution >= 4 is 11.8 Å². The second-order valence-electron chi connectivity index (χ2n) is 10.3. The molecule has 2 fully saturated rings. The number of methoxy groups -OCH3 is 2. The highest BCUT2D eigenvalue weighted by atomic mass is 16.5. The van der Waals surface area contributed by atoms with E-state index in [-0.39, 0.29) is 23.5 Å². The molecule has 3 aliphatic rings. The maximum absolute atomic E-state index is 13.3. The molecule has 5 rings (SSSR count). The summed E-state index contributed by atoms with van der Waals surface area (Å²) in [4.78, 5) is 28.4. The van der Waals surface area contributed by atoms with Crippen LogP contribution in [0.3, 0.4) is 0 Å². The van der Waals surface area contributed by atoms with Gasteiger partial charge in [-0.1, -0.05) is 49.2 Å². The first kappa shape index (κ1) is 23.9. The Morgan fingerprint density at radius 1 is 1.00 bits per heavy atom. The van der Waals surface area contributed by atoms with Gasteiger partial charge in [-0.3, -0.25) is 9.59 Å². The first-order chi connectivity index (χ1) is 17.1. The number of likely N-dealkylation sites (tertiary alicyclic amines) is 1. The lowest BCUT2D eigenvalue weighted by Crippen LogP contribution is -2.51. The summed E-state index contributed by atoms with van der Waals surface area (Å²) in [6.07, 6.45) is 7.05. The average Bonchev–Trinajstić information content (AvgIpc) is 3.49. The van der Waals surface area contributed by atoms with Crippen molar-refractivity contribution in [2.24, 2.45) is 5.92 Å². The number of nitrogens with one attached hydrogen (secondary N) is 1. The molecule has 2 aromatic rings. The van der Waals surface area contributed by atoms with Gasteiger partial charge in [-0.15, -0.1) is 0 Å². The molecular weight excluding hydrogens is 440 g/mol. The van der Waals surface area contributed by atoms with Crippen LogP contribution in [0.1, 0.15) is 72.5 Å². The molecule has 0 unspecified atom stereocenters. The summed E-state index contributed by atoms with van der Waals surface area (Å²) in [5.41, 5.74) is 2.62. The molecule has 6 heteroatoms. The molecule has 186 valence electrons. The van der Waals surface area contributed by atoms with Gasteiger partial charge in [-0.2, -0.15) is 0 Å². The highest BCUT2D eigenvalue weighted by Gasteiger charge is 2.54. The highest BCUT2D eigenvalue weighted by Crippen LogP contribution is 2.52. The molecule has 6 nitrogen and oxygen atoms in total. The number of carbonyl (C=O) groups excluding carboxylic acids is 2. The Balaban J connectivity index is 1.36. The maximum Gasteiger partial charge on any atom is 0.255 e. The van der Waals surface area contributed by atoms with Crippen molar-refractivity contribution < 1.29 is 19.1 Å². The Morgan fingerprint density at radius 3 is 2.40 bits per heavy atom. The van der Waals surface area contributed by atoms with Crippen molar-refractivity contribution in [3.63, 3.8) is 0 Å². The van der Waals surface area contributed by atoms with Crippen LogP contribution < -0.4 is 10.1 Å². The fraction of sp³-hybridized carbons (Fsp3) is 0.517. The van der Waals surface area contributed by atoms with Gasteiger partial charge in [0.1, 0.15) is 5.75 Å². The smallest absolute Gasteiger partial charge is 0.255 e. The van der Waals surface area contributed by atoms with Gasteiger partial charge in [-0.25, -0.2) is 0 Å². The highest BCUT2D eigenvalue weighted by molar-refractivity contribution is 5.97. The zero-order valence-corrected chi connectivity index (χ0v) is 20.8. The summed E-state index contributed by atoms with van der Waals surface area (Å²) >= 11 is 0. The lowest BCUT2D eigenvalue weighted by molar-refractivity contribution is -0.134. The van der Waals surface area contributed by atoms with Crippen molar-refractivity contribution in [1.29, 1.82) is 0 Å². The summed E-state index contributed by atoms with van der Waals surface area (Å²) in [7, 11) is 3.31. The number of para-hydroxylation sites is 1. The van der Waals surface area contributed by atoms with Crippen LogP contribution in [0.25, 0.3) is 0 Å². The zero-order valence-electron chi connectivity index (χ0n) is 20.8. The lowest BCUT2D eigenvalue weighted by atomic mass is 9.71. The van der Waals surface area contributed by atoms with Crippen molar-refractivity contribution in [3.05, 3.63) is 65.2 Å². The standard InChI is InChI=1S/C29H36N2O4/c1-34-24-14-8-6-12-22(24)28(33)30-26-21-11-5-7-13-23(21)29(27(26)35-2)15-17-31(18-16-29)25(32)19-20-9-3-4-10-20/h5-8,11-14,20,26-27H,3-4,9-10,15-19H2,1-2H3,(H,30,33)/t26-,27+/m0/s1. The van der Waals surface area contributed by atoms with E-state index >= 15 is 0 Å². The molecular formula is C29H36N2O4. The van der Waals surface area contributed by atoms with Crippen LogP contribution in [0, 0.1) is 5.92 Å². The molecule has 1 heterocycles. The second-order valence-corrected chi connectivity index (χ2v) is 10.3. The molecule has 1 aliphatic heterocycles. The number of ether oxygens (including phenoxy) is 2. The van der Waals surface area contributed by atoms with E-state index in [1.54, 1.807) is 26.4 Å². The van der Waals surface area contributed by atoms with Gasteiger partial charge in [0.15, 0.2) is 0 Å². The number of rotatable bonds is 6. The van der Waals surface area contributed by atoms with Crippen LogP contribution in [-0.4, -0.2) is 50.1 Å². The van der Waals surface area contributed by atoms with Gasteiger partial charge in [0.25, 0.3) is 5.91 Å². The molecule has 1 spiro atoms. The predicted molar refractivity (Wildman–Crippen MR) is 135 cm³/mol. The van der Waals surface area contributed by atoms with Crippen molar-refractivity contribution in [2.75, 3.05) is 27.3 Å². The van der Waals surface area contributed by atoms with Crippen LogP contribution >= 0.6 is 0 Å². The molecule has 1 saturated heterocycles. The van der Waals surface area contributed by atoms with E-state index in [0.29, 0.717) is 29.6 Å². The van der Waals surface area contributed by atoms with E-state index in [0.717, 1.165) is 31.5 Å². The summed E-state index contributed by atoms with van der Waals surface area (Å²) in [5.74, 6) is 1.24. The minimum Gasteiger partial charge on any atom is -0.496 e. The maximum atomic E-state index is 13.3. The molecule has 2 atom stereocenters. The molecule has 0 aromatic heterocycles. The third kappa shape index (κ3) is 4.33. The Bertz CT molecular complexity index is 1070. The number of nitrogens with zero attached hydrogens (tertiary/aromatic N) is 1. The number of fused-ring (bicyclic) bond motifs is 2. The average molecular weight is 477 g/mol. The first-order valence-corrected chi connectivity index (χ1v) is 12.9. The quantitative estimate of drug-likeness (QED) is 0.660. The number of hydrogen-bond donors (Lipinski definition) is 1. The molecule has 1 saturated carbocycles. The number of hydrogen-bond acceptors (Lipinski definition) is 4. The van der Waals surface area contributed by atoms with E-state index in [9.17, 15) is 9.59 Å². The van der Waals surface area contributed by atoms with Gasteiger partial charge in [-0.05, 0) is 54.9 Å². The summed E-state index contributed by atoms with van der Waals surface area (Å²) < 4.78 is 11.6. The van der Waals surface area contributed by atoms with E-state index in [1.165, 1.54) is 31.2 Å². The van der Waals surface area contributed by atoms with E-state index in [2.05, 4.69) is 28.4 Å². The van der Waals surface area contributed by atoms with Crippen LogP contribution in [0.4, 0.5) is 0 Å². The summed E-state index contributed by atoms with van der Waals surface area (Å²) in [5, 5.41) is 3.26. The van der Waals surface area contributed by atoms with Gasteiger partial charge in [0.2, 0.25) is 5.91 Å². The van der Waals surface area contributed by atoms with Crippen LogP contribution in [0.15, 0.2) is 48.5 Å². The third-order valence-corrected chi connectivity index (χ3v) is 8.52. The van der Waals surface area contributed by atoms with Gasteiger partial charge in [0, 0.05) is 32.0 Å². The van der Waals surface area contributed by atoms with Crippen LogP contribution in [0.2, 0.25) is 0 Å². The fourth-order valence-electron chi connectivity index (χ4n) is 6.72. The number of carbonyl (C=O) groups is 2. The number of benzene rings is 2. The third-order valence-electron chi connectivity index (χ3n) is 8.52. The van der Waals surface area contributed by atoms with Crippen LogP contribution in [0.5, 0.6) is 5.75 Å². The molecule has 2 aliphatic carbocycles. The SMILES string of the molecule is COc1ccccc1C(=O)N[C@H]1c2ccccc2C2(CCN(C(=O)CC3CCCC3)CC2)[C@@H]1OC. The Hall–Kier alpha value is -2.86. The summed E-state index contributed by atoms with van der Waals surface area (Å²) in [6, 6.07) is 15.4. The van der Waals surface area contributed by atoms with Gasteiger partial charge < -0.3 is 19.7 Å². The molecule has 2 amide bonds. The monoisotopic (exact) mass is 476 g/mol. The van der Waals surface area contributed by atoms with E-state index in [1.807, 2.05) is 18.2 Å². The Morgan fingerprint density at radius 2 is 1.69 bits per heavy atom. The minimum absolute atomic E-state index is 0.175. The van der Waals surface area contributed by atoms with E-state index < -0.39 is 0 Å². The molecule has 1 N–H and O–H groups in total. The molecule has 0 bridgehead atoms. The zero-order chi connectivity index (χ0) is 24.4. The van der Waals surface area contributed by atoms with Crippen molar-refractivity contribution in [3.8, 4) is 5.75 Å². The van der Waals surface area contributed by atoms with Crippen LogP contribution in [-0.2, 0) is 14.9 Å². The largest absolute Gasteiger partial charge is 0.496 e.